The Labute approximate surface area is 396 Å². The SMILES string of the molecule is C[N+](C)(C)Cc1cc(C2=c3ccc([nH]3)=C(c3ccccc3)c3ccc([nH]3)C(c3ccc(O)c(C[N+](C)(C)C)c3)=c3ccc([nH]3)=C(c3ccccc3)c3ccc2[nH]3)ccc1O.[I-].[I-]. The molecule has 0 atom stereocenters. The Morgan fingerprint density at radius 2 is 0.661 bits per heavy atom. The maximum atomic E-state index is 11.1. The molecule has 0 radical (unpaired) electrons. The summed E-state index contributed by atoms with van der Waals surface area (Å²) in [6.45, 7) is 1.34. The summed E-state index contributed by atoms with van der Waals surface area (Å²) in [5.41, 5.74) is 13.7. The normalized spacial score (nSPS) is 12.9. The van der Waals surface area contributed by atoms with Crippen LogP contribution >= 0.6 is 0 Å². The second-order valence-corrected chi connectivity index (χ2v) is 18.0. The molecule has 6 N–H and O–H groups in total. The van der Waals surface area contributed by atoms with E-state index in [9.17, 15) is 10.2 Å². The fourth-order valence-corrected chi connectivity index (χ4v) is 8.54. The number of fused-ring (bicyclic) bond motifs is 8. The molecule has 316 valence electrons. The fourth-order valence-electron chi connectivity index (χ4n) is 8.54. The first-order chi connectivity index (χ1) is 28.8. The maximum Gasteiger partial charge on any atom is 0.124 e. The highest BCUT2D eigenvalue weighted by Crippen LogP contribution is 2.31. The van der Waals surface area contributed by atoms with E-state index in [1.165, 1.54) is 0 Å². The van der Waals surface area contributed by atoms with Crippen LogP contribution in [-0.4, -0.2) is 81.4 Å². The molecule has 1 aliphatic rings. The number of halogens is 2. The van der Waals surface area contributed by atoms with Crippen LogP contribution in [0.4, 0.5) is 0 Å². The van der Waals surface area contributed by atoms with Gasteiger partial charge in [0.1, 0.15) is 24.6 Å². The van der Waals surface area contributed by atoms with Crippen molar-refractivity contribution in [3.8, 4) is 11.5 Å². The van der Waals surface area contributed by atoms with Gasteiger partial charge >= 0.3 is 0 Å². The van der Waals surface area contributed by atoms with Crippen LogP contribution in [0.1, 0.15) is 56.2 Å². The number of hydrogen-bond acceptors (Lipinski definition) is 2. The number of phenolic OH excluding ortho intramolecular Hbond substituents is 2. The Bertz CT molecular complexity index is 2930. The number of aromatic nitrogens is 4. The van der Waals surface area contributed by atoms with Crippen molar-refractivity contribution in [2.45, 2.75) is 13.1 Å². The Hall–Kier alpha value is -5.54. The van der Waals surface area contributed by atoms with Gasteiger partial charge in [-0.2, -0.15) is 0 Å². The molecule has 0 fully saturated rings. The summed E-state index contributed by atoms with van der Waals surface area (Å²) < 4.78 is 1.35. The van der Waals surface area contributed by atoms with E-state index in [1.54, 1.807) is 0 Å². The van der Waals surface area contributed by atoms with Gasteiger partial charge in [0, 0.05) is 77.6 Å². The van der Waals surface area contributed by atoms with Crippen LogP contribution in [0.3, 0.4) is 0 Å². The van der Waals surface area contributed by atoms with Crippen LogP contribution in [-0.2, 0) is 13.1 Å². The standard InChI is InChI=1S/C52H50N6O2.2HI/c1-57(2,3)31-37-29-35(17-27-47(37)59)51-43-23-19-39(53-43)49(33-13-9-7-10-14-33)41-21-25-45(55-41)52(36-18-28-48(60)38(30-36)32-58(4,5)6)46-26-22-42(56-46)50(34-15-11-8-12-16-34)40-20-24-44(51)54-40;;/h7-30,53-56H,31-32H2,1-6H3;2*1H. The molecule has 0 spiro atoms. The van der Waals surface area contributed by atoms with E-state index in [2.05, 4.69) is 171 Å². The highest BCUT2D eigenvalue weighted by Gasteiger charge is 2.21. The Kier molecular flexibility index (Phi) is 12.7. The monoisotopic (exact) mass is 1050 g/mol. The number of hydrogen-bond donors (Lipinski definition) is 6. The number of phenols is 2. The smallest absolute Gasteiger partial charge is 0.124 e. The minimum atomic E-state index is 0. The predicted molar refractivity (Wildman–Crippen MR) is 241 cm³/mol. The van der Waals surface area contributed by atoms with Gasteiger partial charge in [0.25, 0.3) is 0 Å². The molecular formula is C52H52I2N6O2. The molecular weight excluding hydrogens is 994 g/mol. The van der Waals surface area contributed by atoms with Gasteiger partial charge in [-0.1, -0.05) is 72.8 Å². The van der Waals surface area contributed by atoms with E-state index in [0.717, 1.165) is 99.8 Å². The average molecular weight is 1050 g/mol. The third kappa shape index (κ3) is 9.14. The van der Waals surface area contributed by atoms with Crippen molar-refractivity contribution >= 4 is 22.3 Å². The Balaban J connectivity index is 0.00000289. The van der Waals surface area contributed by atoms with Crippen molar-refractivity contribution in [1.29, 1.82) is 0 Å². The molecule has 5 heterocycles. The number of H-pyrrole nitrogens is 4. The molecule has 1 aliphatic heterocycles. The Morgan fingerprint density at radius 3 is 0.968 bits per heavy atom. The van der Waals surface area contributed by atoms with Crippen molar-refractivity contribution < 1.29 is 67.1 Å². The minimum absolute atomic E-state index is 0. The molecule has 8 aromatic rings. The van der Waals surface area contributed by atoms with Crippen molar-refractivity contribution in [3.63, 3.8) is 0 Å². The van der Waals surface area contributed by atoms with E-state index in [1.807, 2.05) is 36.4 Å². The molecule has 9 rings (SSSR count). The molecule has 10 heteroatoms. The lowest BCUT2D eigenvalue weighted by Gasteiger charge is -2.24. The average Bonchev–Trinajstić information content (AvgIpc) is 4.05. The molecule has 8 bridgehead atoms. The molecule has 0 aliphatic carbocycles. The van der Waals surface area contributed by atoms with Gasteiger partial charge in [-0.3, -0.25) is 0 Å². The number of nitrogens with zero attached hydrogens (tertiary/aromatic N) is 2. The van der Waals surface area contributed by atoms with Crippen molar-refractivity contribution in [2.75, 3.05) is 42.3 Å². The van der Waals surface area contributed by atoms with Crippen LogP contribution in [0, 0.1) is 0 Å². The second kappa shape index (κ2) is 17.7. The zero-order chi connectivity index (χ0) is 41.8. The van der Waals surface area contributed by atoms with E-state index < -0.39 is 0 Å². The topological polar surface area (TPSA) is 104 Å². The molecule has 4 aromatic heterocycles. The Morgan fingerprint density at radius 1 is 0.355 bits per heavy atom. The zero-order valence-electron chi connectivity index (χ0n) is 35.8. The molecule has 0 saturated carbocycles. The molecule has 0 amide bonds. The molecule has 62 heavy (non-hydrogen) atoms. The van der Waals surface area contributed by atoms with Gasteiger partial charge in [-0.25, -0.2) is 0 Å². The van der Waals surface area contributed by atoms with Gasteiger partial charge in [0.2, 0.25) is 0 Å². The van der Waals surface area contributed by atoms with Crippen LogP contribution in [0.25, 0.3) is 22.3 Å². The summed E-state index contributed by atoms with van der Waals surface area (Å²) in [5.74, 6) is 0.579. The van der Waals surface area contributed by atoms with Gasteiger partial charge in [0.05, 0.1) is 42.3 Å². The van der Waals surface area contributed by atoms with Crippen LogP contribution in [0.15, 0.2) is 146 Å². The number of nitrogens with one attached hydrogen (secondary N) is 4. The second-order valence-electron chi connectivity index (χ2n) is 18.0. The van der Waals surface area contributed by atoms with E-state index in [-0.39, 0.29) is 59.5 Å². The van der Waals surface area contributed by atoms with Crippen LogP contribution in [0.5, 0.6) is 11.5 Å². The first-order valence-electron chi connectivity index (χ1n) is 20.4. The van der Waals surface area contributed by atoms with E-state index in [4.69, 9.17) is 0 Å². The predicted octanol–water partition coefficient (Wildman–Crippen LogP) is 0.133. The van der Waals surface area contributed by atoms with Crippen molar-refractivity contribution in [1.82, 2.24) is 19.9 Å². The van der Waals surface area contributed by atoms with Crippen LogP contribution < -0.4 is 69.3 Å². The zero-order valence-corrected chi connectivity index (χ0v) is 40.1. The molecule has 8 nitrogen and oxygen atoms in total. The van der Waals surface area contributed by atoms with Gasteiger partial charge in [0.15, 0.2) is 0 Å². The molecule has 0 unspecified atom stereocenters. The quantitative estimate of drug-likeness (QED) is 0.0965. The number of benzene rings is 4. The summed E-state index contributed by atoms with van der Waals surface area (Å²) in [6, 6.07) is 50.1. The summed E-state index contributed by atoms with van der Waals surface area (Å²) in [4.78, 5) is 15.5. The number of rotatable bonds is 8. The lowest BCUT2D eigenvalue weighted by molar-refractivity contribution is -0.884. The summed E-state index contributed by atoms with van der Waals surface area (Å²) in [5, 5.41) is 25.9. The largest absolute Gasteiger partial charge is 1.00 e. The minimum Gasteiger partial charge on any atom is -1.00 e. The lowest BCUT2D eigenvalue weighted by atomic mass is 9.99. The van der Waals surface area contributed by atoms with E-state index >= 15 is 0 Å². The summed E-state index contributed by atoms with van der Waals surface area (Å²) in [6.07, 6.45) is 0. The third-order valence-electron chi connectivity index (χ3n) is 11.0. The number of quaternary nitrogens is 2. The third-order valence-corrected chi connectivity index (χ3v) is 11.0. The van der Waals surface area contributed by atoms with Crippen LogP contribution in [0.2, 0.25) is 0 Å². The van der Waals surface area contributed by atoms with Crippen molar-refractivity contribution in [2.24, 2.45) is 0 Å². The number of aromatic hydroxyl groups is 2. The summed E-state index contributed by atoms with van der Waals surface area (Å²) >= 11 is 0. The van der Waals surface area contributed by atoms with E-state index in [0.29, 0.717) is 22.1 Å². The fraction of sp³-hybridized carbons (Fsp3) is 0.154. The van der Waals surface area contributed by atoms with Crippen molar-refractivity contribution in [3.05, 3.63) is 223 Å². The maximum absolute atomic E-state index is 11.1. The number of aromatic amines is 4. The van der Waals surface area contributed by atoms with Gasteiger partial charge in [-0.15, -0.1) is 0 Å². The van der Waals surface area contributed by atoms with Gasteiger partial charge < -0.3 is 87.1 Å². The highest BCUT2D eigenvalue weighted by atomic mass is 127. The lowest BCUT2D eigenvalue weighted by Crippen LogP contribution is -3.00. The highest BCUT2D eigenvalue weighted by molar-refractivity contribution is 5.85. The molecule has 4 aromatic carbocycles. The first kappa shape index (κ1) is 44.5. The first-order valence-corrected chi connectivity index (χ1v) is 20.4. The molecule has 0 saturated heterocycles. The van der Waals surface area contributed by atoms with Gasteiger partial charge in [-0.05, 0) is 95.1 Å². The summed E-state index contributed by atoms with van der Waals surface area (Å²) in [7, 11) is 12.8.